The predicted octanol–water partition coefficient (Wildman–Crippen LogP) is 2.24. The highest BCUT2D eigenvalue weighted by molar-refractivity contribution is 5.61. The summed E-state index contributed by atoms with van der Waals surface area (Å²) in [6, 6.07) is 5.95. The molecule has 1 aromatic rings. The third kappa shape index (κ3) is 4.59. The summed E-state index contributed by atoms with van der Waals surface area (Å²) in [6.07, 6.45) is -0.615. The summed E-state index contributed by atoms with van der Waals surface area (Å²) in [5, 5.41) is 10.1. The lowest BCUT2D eigenvalue weighted by Crippen LogP contribution is -2.39. The molecule has 0 fully saturated rings. The Bertz CT molecular complexity index is 423. The van der Waals surface area contributed by atoms with E-state index in [1.807, 2.05) is 18.2 Å². The van der Waals surface area contributed by atoms with Gasteiger partial charge in [-0.05, 0) is 26.0 Å². The van der Waals surface area contributed by atoms with Crippen LogP contribution in [0.5, 0.6) is 5.75 Å². The van der Waals surface area contributed by atoms with Crippen molar-refractivity contribution < 1.29 is 19.3 Å². The number of nitrogens with zero attached hydrogens (tertiary/aromatic N) is 1. The summed E-state index contributed by atoms with van der Waals surface area (Å²) in [5.41, 5.74) is 1.74. The van der Waals surface area contributed by atoms with Crippen molar-refractivity contribution in [2.45, 2.75) is 26.0 Å². The van der Waals surface area contributed by atoms with Gasteiger partial charge in [0.15, 0.2) is 0 Å². The number of aliphatic hydroxyl groups excluding tert-OH is 1. The Balaban J connectivity index is 3.22. The van der Waals surface area contributed by atoms with Gasteiger partial charge in [-0.25, -0.2) is 0 Å². The fraction of sp³-hybridized carbons (Fsp3) is 0.625. The molecule has 120 valence electrons. The van der Waals surface area contributed by atoms with Crippen LogP contribution in [0.1, 0.15) is 25.5 Å². The van der Waals surface area contributed by atoms with Crippen molar-refractivity contribution in [3.05, 3.63) is 23.8 Å². The summed E-state index contributed by atoms with van der Waals surface area (Å²) in [6.45, 7) is 5.75. The Morgan fingerprint density at radius 2 is 1.86 bits per heavy atom. The van der Waals surface area contributed by atoms with Crippen LogP contribution in [0, 0.1) is 0 Å². The molecule has 5 heteroatoms. The van der Waals surface area contributed by atoms with Crippen LogP contribution in [0.2, 0.25) is 0 Å². The first kappa shape index (κ1) is 17.8. The van der Waals surface area contributed by atoms with Gasteiger partial charge in [0.25, 0.3) is 0 Å². The number of benzene rings is 1. The summed E-state index contributed by atoms with van der Waals surface area (Å²) in [4.78, 5) is 2.18. The zero-order valence-corrected chi connectivity index (χ0v) is 13.6. The van der Waals surface area contributed by atoms with Crippen molar-refractivity contribution in [3.63, 3.8) is 0 Å². The second-order valence-electron chi connectivity index (χ2n) is 5.06. The molecular formula is C16H27NO4. The molecule has 0 amide bonds. The zero-order chi connectivity index (χ0) is 15.8. The molecular weight excluding hydrogens is 270 g/mol. The molecule has 2 atom stereocenters. The van der Waals surface area contributed by atoms with Crippen LogP contribution in [0.15, 0.2) is 18.2 Å². The molecule has 0 bridgehead atoms. The Kier molecular flexibility index (Phi) is 7.50. The Morgan fingerprint density at radius 3 is 2.38 bits per heavy atom. The number of rotatable bonds is 9. The van der Waals surface area contributed by atoms with Gasteiger partial charge in [-0.2, -0.15) is 0 Å². The second kappa shape index (κ2) is 8.87. The number of anilines is 1. The van der Waals surface area contributed by atoms with E-state index in [9.17, 15) is 5.11 Å². The third-order valence-electron chi connectivity index (χ3n) is 3.47. The lowest BCUT2D eigenvalue weighted by molar-refractivity contribution is 0.169. The summed E-state index contributed by atoms with van der Waals surface area (Å²) in [5.74, 6) is 0.689. The highest BCUT2D eigenvalue weighted by Gasteiger charge is 2.22. The van der Waals surface area contributed by atoms with Crippen LogP contribution in [0.4, 0.5) is 5.69 Å². The molecule has 0 heterocycles. The molecule has 0 saturated heterocycles. The van der Waals surface area contributed by atoms with Crippen molar-refractivity contribution in [3.8, 4) is 5.75 Å². The van der Waals surface area contributed by atoms with Gasteiger partial charge in [0, 0.05) is 38.1 Å². The lowest BCUT2D eigenvalue weighted by Gasteiger charge is -2.33. The monoisotopic (exact) mass is 297 g/mol. The van der Waals surface area contributed by atoms with Crippen LogP contribution in [-0.2, 0) is 9.47 Å². The first-order valence-electron chi connectivity index (χ1n) is 7.16. The molecule has 5 nitrogen and oxygen atoms in total. The van der Waals surface area contributed by atoms with Crippen LogP contribution < -0.4 is 9.64 Å². The van der Waals surface area contributed by atoms with Crippen LogP contribution in [0.25, 0.3) is 0 Å². The van der Waals surface area contributed by atoms with E-state index in [2.05, 4.69) is 11.8 Å². The van der Waals surface area contributed by atoms with E-state index < -0.39 is 6.10 Å². The van der Waals surface area contributed by atoms with E-state index in [1.165, 1.54) is 0 Å². The van der Waals surface area contributed by atoms with Gasteiger partial charge in [0.1, 0.15) is 5.75 Å². The maximum atomic E-state index is 10.1. The van der Waals surface area contributed by atoms with Crippen LogP contribution >= 0.6 is 0 Å². The number of aliphatic hydroxyl groups is 1. The van der Waals surface area contributed by atoms with Gasteiger partial charge in [-0.15, -0.1) is 0 Å². The minimum atomic E-state index is -0.615. The fourth-order valence-corrected chi connectivity index (χ4v) is 2.48. The molecule has 1 aromatic carbocycles. The molecule has 0 aliphatic rings. The van der Waals surface area contributed by atoms with E-state index in [4.69, 9.17) is 14.2 Å². The molecule has 0 saturated carbocycles. The first-order chi connectivity index (χ1) is 10.1. The smallest absolute Gasteiger partial charge is 0.126 e. The molecule has 0 radical (unpaired) electrons. The number of hydrogen-bond donors (Lipinski definition) is 1. The molecule has 0 aromatic heterocycles. The van der Waals surface area contributed by atoms with E-state index in [1.54, 1.807) is 28.3 Å². The minimum absolute atomic E-state index is 0.162. The van der Waals surface area contributed by atoms with Gasteiger partial charge in [-0.3, -0.25) is 0 Å². The van der Waals surface area contributed by atoms with Crippen LogP contribution in [-0.4, -0.2) is 52.2 Å². The fourth-order valence-electron chi connectivity index (χ4n) is 2.48. The van der Waals surface area contributed by atoms with Crippen molar-refractivity contribution in [1.82, 2.24) is 0 Å². The number of ether oxygens (including phenoxy) is 3. The minimum Gasteiger partial charge on any atom is -0.496 e. The molecule has 0 aliphatic heterocycles. The van der Waals surface area contributed by atoms with Crippen LogP contribution in [0.3, 0.4) is 0 Å². The molecule has 1 unspecified atom stereocenters. The molecule has 0 aliphatic carbocycles. The summed E-state index contributed by atoms with van der Waals surface area (Å²) in [7, 11) is 4.98. The lowest BCUT2D eigenvalue weighted by atomic mass is 10.0. The maximum absolute atomic E-state index is 10.1. The molecule has 1 rings (SSSR count). The van der Waals surface area contributed by atoms with Crippen molar-refractivity contribution in [2.75, 3.05) is 46.0 Å². The topological polar surface area (TPSA) is 51.2 Å². The summed E-state index contributed by atoms with van der Waals surface area (Å²) < 4.78 is 15.9. The Hall–Kier alpha value is -1.30. The molecule has 1 N–H and O–H groups in total. The average Bonchev–Trinajstić information content (AvgIpc) is 2.47. The highest BCUT2D eigenvalue weighted by atomic mass is 16.5. The van der Waals surface area contributed by atoms with Gasteiger partial charge in [0.05, 0.1) is 26.4 Å². The Morgan fingerprint density at radius 1 is 1.14 bits per heavy atom. The maximum Gasteiger partial charge on any atom is 0.126 e. The number of hydrogen-bond acceptors (Lipinski definition) is 5. The van der Waals surface area contributed by atoms with E-state index in [0.717, 1.165) is 11.3 Å². The quantitative estimate of drug-likeness (QED) is 0.757. The Labute approximate surface area is 127 Å². The van der Waals surface area contributed by atoms with Gasteiger partial charge >= 0.3 is 0 Å². The second-order valence-corrected chi connectivity index (χ2v) is 5.06. The van der Waals surface area contributed by atoms with Crippen molar-refractivity contribution in [2.24, 2.45) is 0 Å². The predicted molar refractivity (Wildman–Crippen MR) is 84.2 cm³/mol. The normalized spacial score (nSPS) is 13.8. The zero-order valence-electron chi connectivity index (χ0n) is 13.6. The largest absolute Gasteiger partial charge is 0.496 e. The van der Waals surface area contributed by atoms with E-state index >= 15 is 0 Å². The SMILES string of the molecule is COCCN(c1cccc(OC)c1[C@H](C)O)C(C)COC. The third-order valence-corrected chi connectivity index (χ3v) is 3.47. The van der Waals surface area contributed by atoms with E-state index in [-0.39, 0.29) is 6.04 Å². The van der Waals surface area contributed by atoms with Gasteiger partial charge < -0.3 is 24.2 Å². The van der Waals surface area contributed by atoms with Gasteiger partial charge in [-0.1, -0.05) is 6.07 Å². The van der Waals surface area contributed by atoms with E-state index in [0.29, 0.717) is 25.5 Å². The van der Waals surface area contributed by atoms with Crippen molar-refractivity contribution in [1.29, 1.82) is 0 Å². The highest BCUT2D eigenvalue weighted by Crippen LogP contribution is 2.35. The molecule has 0 spiro atoms. The first-order valence-corrected chi connectivity index (χ1v) is 7.16. The summed E-state index contributed by atoms with van der Waals surface area (Å²) >= 11 is 0. The number of methoxy groups -OCH3 is 3. The van der Waals surface area contributed by atoms with Crippen molar-refractivity contribution >= 4 is 5.69 Å². The standard InChI is InChI=1S/C16H27NO4/c1-12(11-20-4)17(9-10-19-3)14-7-6-8-15(21-5)16(14)13(2)18/h6-8,12-13,18H,9-11H2,1-5H3/t12?,13-/m0/s1. The molecule has 21 heavy (non-hydrogen) atoms. The van der Waals surface area contributed by atoms with Gasteiger partial charge in [0.2, 0.25) is 0 Å². The average molecular weight is 297 g/mol.